The van der Waals surface area contributed by atoms with Gasteiger partial charge in [0.05, 0.1) is 6.10 Å². The van der Waals surface area contributed by atoms with Gasteiger partial charge in [-0.2, -0.15) is 0 Å². The molecule has 0 aliphatic rings. The Morgan fingerprint density at radius 2 is 1.65 bits per heavy atom. The van der Waals surface area contributed by atoms with Crippen LogP contribution in [0.4, 0.5) is 0 Å². The molecule has 3 heteroatoms. The predicted molar refractivity (Wildman–Crippen MR) is 85.8 cm³/mol. The Labute approximate surface area is 130 Å². The van der Waals surface area contributed by atoms with Crippen LogP contribution in [-0.2, 0) is 12.8 Å². The van der Waals surface area contributed by atoms with Crippen molar-refractivity contribution < 1.29 is 5.11 Å². The topological polar surface area (TPSA) is 20.2 Å². The molecule has 2 aromatic rings. The van der Waals surface area contributed by atoms with Gasteiger partial charge in [-0.3, -0.25) is 0 Å². The molecule has 0 aromatic heterocycles. The van der Waals surface area contributed by atoms with E-state index in [0.29, 0.717) is 22.9 Å². The van der Waals surface area contributed by atoms with E-state index in [1.165, 1.54) is 16.7 Å². The SMILES string of the molecule is Cc1ccc(C)c(CC(O)Cc2ccc(Cl)cc2Cl)c1. The fourth-order valence-corrected chi connectivity index (χ4v) is 2.77. The van der Waals surface area contributed by atoms with Crippen molar-refractivity contribution in [1.29, 1.82) is 0 Å². The molecule has 1 atom stereocenters. The lowest BCUT2D eigenvalue weighted by Gasteiger charge is -2.14. The molecule has 0 saturated heterocycles. The van der Waals surface area contributed by atoms with Gasteiger partial charge in [0.25, 0.3) is 0 Å². The highest BCUT2D eigenvalue weighted by molar-refractivity contribution is 6.35. The third-order valence-corrected chi connectivity index (χ3v) is 4.02. The standard InChI is InChI=1S/C17H18Cl2O/c1-11-3-4-12(2)14(7-11)9-16(20)8-13-5-6-15(18)10-17(13)19/h3-7,10,16,20H,8-9H2,1-2H3. The molecule has 0 aliphatic heterocycles. The second-order valence-electron chi connectivity index (χ2n) is 5.23. The molecule has 2 rings (SSSR count). The van der Waals surface area contributed by atoms with Gasteiger partial charge in [-0.15, -0.1) is 0 Å². The molecule has 1 nitrogen and oxygen atoms in total. The van der Waals surface area contributed by atoms with Crippen molar-refractivity contribution in [1.82, 2.24) is 0 Å². The van der Waals surface area contributed by atoms with Crippen molar-refractivity contribution in [2.24, 2.45) is 0 Å². The second-order valence-corrected chi connectivity index (χ2v) is 6.07. The van der Waals surface area contributed by atoms with Crippen molar-refractivity contribution in [2.45, 2.75) is 32.8 Å². The molecule has 2 aromatic carbocycles. The van der Waals surface area contributed by atoms with Crippen molar-refractivity contribution in [3.63, 3.8) is 0 Å². The van der Waals surface area contributed by atoms with Crippen molar-refractivity contribution >= 4 is 23.2 Å². The van der Waals surface area contributed by atoms with E-state index in [1.54, 1.807) is 12.1 Å². The lowest BCUT2D eigenvalue weighted by atomic mass is 9.97. The van der Waals surface area contributed by atoms with E-state index in [4.69, 9.17) is 23.2 Å². The van der Waals surface area contributed by atoms with E-state index >= 15 is 0 Å². The van der Waals surface area contributed by atoms with Crippen LogP contribution in [0.5, 0.6) is 0 Å². The minimum absolute atomic E-state index is 0.450. The normalized spacial score (nSPS) is 12.4. The number of rotatable bonds is 4. The van der Waals surface area contributed by atoms with E-state index < -0.39 is 6.10 Å². The second kappa shape index (κ2) is 6.62. The smallest absolute Gasteiger partial charge is 0.0621 e. The molecule has 0 radical (unpaired) electrons. The van der Waals surface area contributed by atoms with Crippen LogP contribution in [0, 0.1) is 13.8 Å². The van der Waals surface area contributed by atoms with Crippen LogP contribution in [0.3, 0.4) is 0 Å². The number of hydrogen-bond acceptors (Lipinski definition) is 1. The van der Waals surface area contributed by atoms with Gasteiger partial charge in [-0.1, -0.05) is 53.0 Å². The third-order valence-electron chi connectivity index (χ3n) is 3.43. The molecular formula is C17H18Cl2O. The summed E-state index contributed by atoms with van der Waals surface area (Å²) in [6.45, 7) is 4.13. The summed E-state index contributed by atoms with van der Waals surface area (Å²) in [5.41, 5.74) is 4.52. The van der Waals surface area contributed by atoms with Crippen LogP contribution in [0.2, 0.25) is 10.0 Å². The number of hydrogen-bond donors (Lipinski definition) is 1. The molecule has 0 bridgehead atoms. The van der Waals surface area contributed by atoms with Crippen molar-refractivity contribution in [3.05, 3.63) is 68.7 Å². The number of aliphatic hydroxyl groups excluding tert-OH is 1. The molecule has 0 aliphatic carbocycles. The molecule has 0 heterocycles. The predicted octanol–water partition coefficient (Wildman–Crippen LogP) is 4.76. The summed E-state index contributed by atoms with van der Waals surface area (Å²) >= 11 is 12.0. The lowest BCUT2D eigenvalue weighted by molar-refractivity contribution is 0.175. The first kappa shape index (κ1) is 15.4. The number of benzene rings is 2. The first-order chi connectivity index (χ1) is 9.45. The fraction of sp³-hybridized carbons (Fsp3) is 0.294. The van der Waals surface area contributed by atoms with Crippen LogP contribution in [0.25, 0.3) is 0 Å². The molecule has 1 unspecified atom stereocenters. The summed E-state index contributed by atoms with van der Waals surface area (Å²) in [5.74, 6) is 0. The third kappa shape index (κ3) is 3.99. The van der Waals surface area contributed by atoms with E-state index in [9.17, 15) is 5.11 Å². The quantitative estimate of drug-likeness (QED) is 0.863. The van der Waals surface area contributed by atoms with Crippen LogP contribution in [0.15, 0.2) is 36.4 Å². The highest BCUT2D eigenvalue weighted by Crippen LogP contribution is 2.23. The van der Waals surface area contributed by atoms with Crippen LogP contribution < -0.4 is 0 Å². The summed E-state index contributed by atoms with van der Waals surface area (Å²) in [5, 5.41) is 11.5. The summed E-state index contributed by atoms with van der Waals surface area (Å²) in [4.78, 5) is 0. The van der Waals surface area contributed by atoms with Gasteiger partial charge in [0.1, 0.15) is 0 Å². The maximum atomic E-state index is 10.3. The molecule has 0 amide bonds. The molecule has 0 fully saturated rings. The van der Waals surface area contributed by atoms with Gasteiger partial charge in [0, 0.05) is 16.5 Å². The average molecular weight is 309 g/mol. The Morgan fingerprint density at radius 3 is 2.35 bits per heavy atom. The Kier molecular flexibility index (Phi) is 5.09. The highest BCUT2D eigenvalue weighted by Gasteiger charge is 2.11. The molecule has 20 heavy (non-hydrogen) atoms. The van der Waals surface area contributed by atoms with Crippen LogP contribution in [0.1, 0.15) is 22.3 Å². The maximum absolute atomic E-state index is 10.3. The van der Waals surface area contributed by atoms with E-state index in [2.05, 4.69) is 32.0 Å². The average Bonchev–Trinajstić information content (AvgIpc) is 2.37. The maximum Gasteiger partial charge on any atom is 0.0621 e. The monoisotopic (exact) mass is 308 g/mol. The van der Waals surface area contributed by atoms with Crippen molar-refractivity contribution in [2.75, 3.05) is 0 Å². The van der Waals surface area contributed by atoms with Crippen molar-refractivity contribution in [3.8, 4) is 0 Å². The van der Waals surface area contributed by atoms with Gasteiger partial charge < -0.3 is 5.11 Å². The van der Waals surface area contributed by atoms with Gasteiger partial charge in [-0.05, 0) is 49.1 Å². The first-order valence-electron chi connectivity index (χ1n) is 6.64. The van der Waals surface area contributed by atoms with E-state index in [1.807, 2.05) is 6.07 Å². The van der Waals surface area contributed by atoms with Gasteiger partial charge in [-0.25, -0.2) is 0 Å². The Bertz CT molecular complexity index is 608. The Morgan fingerprint density at radius 1 is 0.950 bits per heavy atom. The lowest BCUT2D eigenvalue weighted by Crippen LogP contribution is -2.15. The number of aryl methyl sites for hydroxylation is 2. The molecule has 1 N–H and O–H groups in total. The van der Waals surface area contributed by atoms with Gasteiger partial charge in [0.15, 0.2) is 0 Å². The molecule has 106 valence electrons. The molecular weight excluding hydrogens is 291 g/mol. The van der Waals surface area contributed by atoms with E-state index in [0.717, 1.165) is 5.56 Å². The van der Waals surface area contributed by atoms with Gasteiger partial charge >= 0.3 is 0 Å². The summed E-state index contributed by atoms with van der Waals surface area (Å²) < 4.78 is 0. The summed E-state index contributed by atoms with van der Waals surface area (Å²) in [6, 6.07) is 11.7. The largest absolute Gasteiger partial charge is 0.392 e. The van der Waals surface area contributed by atoms with Gasteiger partial charge in [0.2, 0.25) is 0 Å². The fourth-order valence-electron chi connectivity index (χ4n) is 2.29. The minimum Gasteiger partial charge on any atom is -0.392 e. The summed E-state index contributed by atoms with van der Waals surface area (Å²) in [6.07, 6.45) is 0.713. The zero-order valence-corrected chi connectivity index (χ0v) is 13.2. The number of halogens is 2. The van der Waals surface area contributed by atoms with E-state index in [-0.39, 0.29) is 0 Å². The Hall–Kier alpha value is -1.02. The number of aliphatic hydroxyl groups is 1. The zero-order chi connectivity index (χ0) is 14.7. The zero-order valence-electron chi connectivity index (χ0n) is 11.7. The minimum atomic E-state index is -0.450. The summed E-state index contributed by atoms with van der Waals surface area (Å²) in [7, 11) is 0. The Balaban J connectivity index is 2.08. The first-order valence-corrected chi connectivity index (χ1v) is 7.39. The molecule has 0 saturated carbocycles. The highest BCUT2D eigenvalue weighted by atomic mass is 35.5. The molecule has 0 spiro atoms. The van der Waals surface area contributed by atoms with Crippen LogP contribution in [-0.4, -0.2) is 11.2 Å². The van der Waals surface area contributed by atoms with Crippen LogP contribution >= 0.6 is 23.2 Å².